The van der Waals surface area contributed by atoms with Crippen LogP contribution in [0, 0.1) is 6.92 Å². The van der Waals surface area contributed by atoms with Crippen molar-refractivity contribution >= 4 is 23.5 Å². The van der Waals surface area contributed by atoms with Crippen LogP contribution in [0.4, 0.5) is 10.5 Å². The highest BCUT2D eigenvalue weighted by atomic mass is 16.5. The van der Waals surface area contributed by atoms with Crippen LogP contribution in [0.25, 0.3) is 0 Å². The first-order valence-corrected chi connectivity index (χ1v) is 11.7. The number of rotatable bonds is 8. The highest BCUT2D eigenvalue weighted by molar-refractivity contribution is 5.89. The number of nitrogens with zero attached hydrogens (tertiary/aromatic N) is 1. The van der Waals surface area contributed by atoms with Crippen molar-refractivity contribution in [1.82, 2.24) is 15.5 Å². The molecule has 1 aliphatic rings. The maximum atomic E-state index is 13.1. The summed E-state index contributed by atoms with van der Waals surface area (Å²) in [5, 5.41) is 8.71. The van der Waals surface area contributed by atoms with Crippen molar-refractivity contribution in [2.45, 2.75) is 45.2 Å². The Kier molecular flexibility index (Phi) is 8.94. The Morgan fingerprint density at radius 2 is 1.80 bits per heavy atom. The number of hydrogen-bond donors (Lipinski definition) is 3. The summed E-state index contributed by atoms with van der Waals surface area (Å²) < 4.78 is 10.7. The van der Waals surface area contributed by atoms with Gasteiger partial charge in [0.2, 0.25) is 11.8 Å². The van der Waals surface area contributed by atoms with Crippen LogP contribution >= 0.6 is 0 Å². The average Bonchev–Trinajstić information content (AvgIpc) is 2.84. The van der Waals surface area contributed by atoms with Gasteiger partial charge in [-0.2, -0.15) is 0 Å². The van der Waals surface area contributed by atoms with Crippen LogP contribution in [-0.2, 0) is 16.0 Å². The van der Waals surface area contributed by atoms with E-state index in [4.69, 9.17) is 9.47 Å². The predicted octanol–water partition coefficient (Wildman–Crippen LogP) is 2.87. The number of hydrogen-bond acceptors (Lipinski definition) is 5. The van der Waals surface area contributed by atoms with Crippen LogP contribution in [0.1, 0.15) is 30.9 Å². The third kappa shape index (κ3) is 7.37. The van der Waals surface area contributed by atoms with Crippen molar-refractivity contribution in [3.63, 3.8) is 0 Å². The van der Waals surface area contributed by atoms with Crippen LogP contribution in [0.15, 0.2) is 42.5 Å². The molecule has 2 aromatic rings. The van der Waals surface area contributed by atoms with E-state index in [1.807, 2.05) is 37.3 Å². The highest BCUT2D eigenvalue weighted by Gasteiger charge is 2.28. The number of carbonyl (C=O) groups excluding carboxylic acids is 3. The second kappa shape index (κ2) is 12.1. The van der Waals surface area contributed by atoms with E-state index in [0.29, 0.717) is 37.4 Å². The fraction of sp³-hybridized carbons (Fsp3) is 0.423. The first-order chi connectivity index (χ1) is 16.8. The Bertz CT molecular complexity index is 1050. The Labute approximate surface area is 206 Å². The number of methoxy groups -OCH3 is 2. The fourth-order valence-electron chi connectivity index (χ4n) is 4.15. The molecule has 0 spiro atoms. The number of ether oxygens (including phenoxy) is 2. The lowest BCUT2D eigenvalue weighted by Gasteiger charge is -2.33. The summed E-state index contributed by atoms with van der Waals surface area (Å²) in [6, 6.07) is 12.0. The molecule has 0 bridgehead atoms. The quantitative estimate of drug-likeness (QED) is 0.536. The standard InChI is InChI=1S/C26H34N4O5/c1-17-6-5-7-21(14-17)29-26(33)30-12-10-20(11-13-30)28-25(32)23(27-18(2)31)15-19-8-9-22(34-3)16-24(19)35-4/h5-9,14,16,20,23H,10-13,15H2,1-4H3,(H,27,31)(H,28,32)(H,29,33)/t23-/m0/s1. The zero-order valence-electron chi connectivity index (χ0n) is 20.7. The summed E-state index contributed by atoms with van der Waals surface area (Å²) in [5.74, 6) is 0.672. The first kappa shape index (κ1) is 25.9. The van der Waals surface area contributed by atoms with Crippen molar-refractivity contribution in [2.24, 2.45) is 0 Å². The molecule has 0 saturated carbocycles. The van der Waals surface area contributed by atoms with E-state index < -0.39 is 6.04 Å². The van der Waals surface area contributed by atoms with Crippen LogP contribution in [0.3, 0.4) is 0 Å². The number of anilines is 1. The number of benzene rings is 2. The third-order valence-corrected chi connectivity index (χ3v) is 6.01. The molecule has 0 radical (unpaired) electrons. The molecule has 9 nitrogen and oxygen atoms in total. The topological polar surface area (TPSA) is 109 Å². The second-order valence-corrected chi connectivity index (χ2v) is 8.70. The maximum Gasteiger partial charge on any atom is 0.321 e. The van der Waals surface area contributed by atoms with Crippen LogP contribution in [-0.4, -0.2) is 62.1 Å². The Morgan fingerprint density at radius 1 is 1.06 bits per heavy atom. The van der Waals surface area contributed by atoms with E-state index in [1.54, 1.807) is 31.3 Å². The van der Waals surface area contributed by atoms with E-state index in [0.717, 1.165) is 16.8 Å². The monoisotopic (exact) mass is 482 g/mol. The SMILES string of the molecule is COc1ccc(C[C@H](NC(C)=O)C(=O)NC2CCN(C(=O)Nc3cccc(C)c3)CC2)c(OC)c1. The molecule has 3 rings (SSSR count). The van der Waals surface area contributed by atoms with Gasteiger partial charge >= 0.3 is 6.03 Å². The summed E-state index contributed by atoms with van der Waals surface area (Å²) in [4.78, 5) is 39.2. The van der Waals surface area contributed by atoms with Gasteiger partial charge in [-0.1, -0.05) is 18.2 Å². The molecule has 1 saturated heterocycles. The van der Waals surface area contributed by atoms with E-state index in [-0.39, 0.29) is 30.3 Å². The van der Waals surface area contributed by atoms with E-state index in [2.05, 4.69) is 16.0 Å². The average molecular weight is 483 g/mol. The molecule has 0 aromatic heterocycles. The largest absolute Gasteiger partial charge is 0.497 e. The minimum Gasteiger partial charge on any atom is -0.497 e. The third-order valence-electron chi connectivity index (χ3n) is 6.01. The molecule has 9 heteroatoms. The minimum atomic E-state index is -0.752. The number of carbonyl (C=O) groups is 3. The predicted molar refractivity (Wildman–Crippen MR) is 134 cm³/mol. The normalized spacial score (nSPS) is 14.6. The molecule has 1 aliphatic heterocycles. The highest BCUT2D eigenvalue weighted by Crippen LogP contribution is 2.26. The second-order valence-electron chi connectivity index (χ2n) is 8.70. The molecule has 4 amide bonds. The Hall–Kier alpha value is -3.75. The number of nitrogens with one attached hydrogen (secondary N) is 3. The molecule has 1 fully saturated rings. The molecular weight excluding hydrogens is 448 g/mol. The lowest BCUT2D eigenvalue weighted by Crippen LogP contribution is -2.53. The molecule has 35 heavy (non-hydrogen) atoms. The van der Waals surface area contributed by atoms with Gasteiger partial charge in [0, 0.05) is 44.2 Å². The zero-order valence-corrected chi connectivity index (χ0v) is 20.7. The van der Waals surface area contributed by atoms with Crippen molar-refractivity contribution in [2.75, 3.05) is 32.6 Å². The van der Waals surface area contributed by atoms with Gasteiger partial charge in [-0.15, -0.1) is 0 Å². The first-order valence-electron chi connectivity index (χ1n) is 11.7. The molecule has 0 unspecified atom stereocenters. The number of piperidine rings is 1. The fourth-order valence-corrected chi connectivity index (χ4v) is 4.15. The van der Waals surface area contributed by atoms with Gasteiger partial charge in [0.05, 0.1) is 14.2 Å². The summed E-state index contributed by atoms with van der Waals surface area (Å²) in [6.45, 7) is 4.42. The lowest BCUT2D eigenvalue weighted by atomic mass is 10.0. The molecule has 3 N–H and O–H groups in total. The van der Waals surface area contributed by atoms with Gasteiger partial charge in [-0.25, -0.2) is 4.79 Å². The zero-order chi connectivity index (χ0) is 25.4. The number of urea groups is 1. The minimum absolute atomic E-state index is 0.0838. The molecule has 1 atom stereocenters. The molecule has 188 valence electrons. The summed E-state index contributed by atoms with van der Waals surface area (Å²) in [6.07, 6.45) is 1.54. The van der Waals surface area contributed by atoms with E-state index in [9.17, 15) is 14.4 Å². The number of likely N-dealkylation sites (tertiary alicyclic amines) is 1. The summed E-state index contributed by atoms with van der Waals surface area (Å²) in [5.41, 5.74) is 2.62. The van der Waals surface area contributed by atoms with Crippen LogP contribution in [0.5, 0.6) is 11.5 Å². The van der Waals surface area contributed by atoms with Gasteiger partial charge < -0.3 is 30.3 Å². The lowest BCUT2D eigenvalue weighted by molar-refractivity contribution is -0.128. The molecule has 1 heterocycles. The van der Waals surface area contributed by atoms with Crippen LogP contribution in [0.2, 0.25) is 0 Å². The molecule has 0 aliphatic carbocycles. The van der Waals surface area contributed by atoms with Crippen molar-refractivity contribution in [3.8, 4) is 11.5 Å². The maximum absolute atomic E-state index is 13.1. The van der Waals surface area contributed by atoms with Gasteiger partial charge in [0.25, 0.3) is 0 Å². The smallest absolute Gasteiger partial charge is 0.321 e. The van der Waals surface area contributed by atoms with Gasteiger partial charge in [-0.05, 0) is 49.1 Å². The van der Waals surface area contributed by atoms with Gasteiger partial charge in [0.15, 0.2) is 0 Å². The van der Waals surface area contributed by atoms with Crippen LogP contribution < -0.4 is 25.4 Å². The van der Waals surface area contributed by atoms with Gasteiger partial charge in [-0.3, -0.25) is 9.59 Å². The molecular formula is C26H34N4O5. The summed E-state index contributed by atoms with van der Waals surface area (Å²) in [7, 11) is 3.12. The summed E-state index contributed by atoms with van der Waals surface area (Å²) >= 11 is 0. The Morgan fingerprint density at radius 3 is 2.43 bits per heavy atom. The van der Waals surface area contributed by atoms with Crippen molar-refractivity contribution < 1.29 is 23.9 Å². The van der Waals surface area contributed by atoms with Gasteiger partial charge in [0.1, 0.15) is 17.5 Å². The Balaban J connectivity index is 1.57. The molecule has 2 aromatic carbocycles. The van der Waals surface area contributed by atoms with E-state index >= 15 is 0 Å². The van der Waals surface area contributed by atoms with E-state index in [1.165, 1.54) is 6.92 Å². The van der Waals surface area contributed by atoms with Crippen molar-refractivity contribution in [1.29, 1.82) is 0 Å². The number of amides is 4. The van der Waals surface area contributed by atoms with Crippen molar-refractivity contribution in [3.05, 3.63) is 53.6 Å². The number of aryl methyl sites for hydroxylation is 1.